The molecule has 0 saturated heterocycles. The van der Waals surface area contributed by atoms with E-state index in [0.717, 1.165) is 99.6 Å². The number of nitrogens with zero attached hydrogens (tertiary/aromatic N) is 1. The Morgan fingerprint density at radius 2 is 0.846 bits per heavy atom. The van der Waals surface area contributed by atoms with E-state index in [2.05, 4.69) is 157 Å². The van der Waals surface area contributed by atoms with Gasteiger partial charge in [0.1, 0.15) is 27.9 Å². The van der Waals surface area contributed by atoms with Gasteiger partial charge in [-0.05, 0) is 77.4 Å². The lowest BCUT2D eigenvalue weighted by molar-refractivity contribution is 0.668. The summed E-state index contributed by atoms with van der Waals surface area (Å²) in [6.45, 7) is 0. The molecule has 0 aliphatic carbocycles. The number of hydrogen-bond donors (Lipinski definition) is 0. The van der Waals surface area contributed by atoms with E-state index >= 15 is 0 Å². The number of rotatable bonds is 5. The summed E-state index contributed by atoms with van der Waals surface area (Å²) >= 11 is 0. The summed E-state index contributed by atoms with van der Waals surface area (Å²) in [5, 5.41) is 6.41. The van der Waals surface area contributed by atoms with Crippen LogP contribution < -0.4 is 4.90 Å². The minimum absolute atomic E-state index is 0.821. The molecule has 11 aromatic rings. The lowest BCUT2D eigenvalue weighted by Gasteiger charge is -2.25. The Bertz CT molecular complexity index is 3130. The Kier molecular flexibility index (Phi) is 6.22. The van der Waals surface area contributed by atoms with Crippen molar-refractivity contribution in [2.75, 3.05) is 4.90 Å². The molecule has 0 radical (unpaired) electrons. The van der Waals surface area contributed by atoms with Crippen LogP contribution in [0.25, 0.3) is 88.1 Å². The molecule has 0 aliphatic heterocycles. The highest BCUT2D eigenvalue weighted by Gasteiger charge is 2.23. The van der Waals surface area contributed by atoms with E-state index in [9.17, 15) is 0 Å². The van der Waals surface area contributed by atoms with E-state index in [-0.39, 0.29) is 0 Å². The lowest BCUT2D eigenvalue weighted by Crippen LogP contribution is -2.10. The fraction of sp³-hybridized carbons (Fsp3) is 0. The third-order valence-electron chi connectivity index (χ3n) is 10.3. The van der Waals surface area contributed by atoms with Gasteiger partial charge in [0.25, 0.3) is 0 Å². The first-order valence-electron chi connectivity index (χ1n) is 17.5. The summed E-state index contributed by atoms with van der Waals surface area (Å²) in [5.74, 6) is 0. The fourth-order valence-electron chi connectivity index (χ4n) is 7.82. The number of fused-ring (bicyclic) bond motifs is 9. The maximum Gasteiger partial charge on any atom is 0.159 e. The van der Waals surface area contributed by atoms with Crippen LogP contribution in [0.2, 0.25) is 0 Å². The molecule has 0 amide bonds. The van der Waals surface area contributed by atoms with E-state index in [1.807, 2.05) is 24.3 Å². The average Bonchev–Trinajstić information content (AvgIpc) is 3.90. The van der Waals surface area contributed by atoms with E-state index in [0.29, 0.717) is 0 Å². The molecule has 0 bridgehead atoms. The molecule has 52 heavy (non-hydrogen) atoms. The van der Waals surface area contributed by atoms with Crippen molar-refractivity contribution in [1.29, 1.82) is 0 Å². The Hall–Kier alpha value is -7.04. The van der Waals surface area contributed by atoms with Gasteiger partial charge in [-0.25, -0.2) is 0 Å². The molecule has 244 valence electrons. The second-order valence-corrected chi connectivity index (χ2v) is 13.3. The summed E-state index contributed by atoms with van der Waals surface area (Å²) in [4.78, 5) is 2.30. The van der Waals surface area contributed by atoms with Crippen molar-refractivity contribution in [3.63, 3.8) is 0 Å². The highest BCUT2D eigenvalue weighted by Crippen LogP contribution is 2.46. The first kappa shape index (κ1) is 28.8. The van der Waals surface area contributed by atoms with E-state index in [4.69, 9.17) is 13.3 Å². The zero-order valence-corrected chi connectivity index (χ0v) is 27.9. The van der Waals surface area contributed by atoms with E-state index < -0.39 is 0 Å². The highest BCUT2D eigenvalue weighted by molar-refractivity contribution is 6.15. The van der Waals surface area contributed by atoms with Gasteiger partial charge in [0.2, 0.25) is 0 Å². The molecule has 4 heteroatoms. The summed E-state index contributed by atoms with van der Waals surface area (Å²) in [7, 11) is 0. The molecular weight excluding hydrogens is 639 g/mol. The number of para-hydroxylation sites is 3. The summed E-state index contributed by atoms with van der Waals surface area (Å²) in [5.41, 5.74) is 12.5. The van der Waals surface area contributed by atoms with Crippen LogP contribution >= 0.6 is 0 Å². The molecule has 0 spiro atoms. The Morgan fingerprint density at radius 3 is 1.58 bits per heavy atom. The van der Waals surface area contributed by atoms with Crippen LogP contribution in [0.5, 0.6) is 0 Å². The first-order valence-corrected chi connectivity index (χ1v) is 17.5. The van der Waals surface area contributed by atoms with Gasteiger partial charge in [0, 0.05) is 49.3 Å². The Balaban J connectivity index is 1.17. The lowest BCUT2D eigenvalue weighted by atomic mass is 10.0. The maximum absolute atomic E-state index is 6.96. The third-order valence-corrected chi connectivity index (χ3v) is 10.3. The smallest absolute Gasteiger partial charge is 0.159 e. The predicted octanol–water partition coefficient (Wildman–Crippen LogP) is 14.2. The van der Waals surface area contributed by atoms with Crippen LogP contribution in [-0.2, 0) is 0 Å². The van der Waals surface area contributed by atoms with Crippen LogP contribution in [0.4, 0.5) is 17.1 Å². The van der Waals surface area contributed by atoms with Crippen molar-refractivity contribution < 1.29 is 13.3 Å². The number of anilines is 3. The zero-order valence-electron chi connectivity index (χ0n) is 27.9. The highest BCUT2D eigenvalue weighted by atomic mass is 16.3. The molecule has 0 unspecified atom stereocenters. The standard InChI is InChI=1S/C48H29NO3/c1-3-11-30(12-4-1)32-21-24-44-39(27-32)41-29-34(23-26-46(41)51-44)49(33-22-25-45-40(28-33)36-15-7-8-20-43(36)50-45)42-19-10-18-38-37-17-9-16-35(47(37)52-48(38)42)31-13-5-2-6-14-31/h1-29H. The number of furan rings is 3. The summed E-state index contributed by atoms with van der Waals surface area (Å²) in [6, 6.07) is 61.3. The molecule has 3 aromatic heterocycles. The van der Waals surface area contributed by atoms with Crippen molar-refractivity contribution in [1.82, 2.24) is 0 Å². The van der Waals surface area contributed by atoms with Crippen molar-refractivity contribution >= 4 is 82.9 Å². The normalized spacial score (nSPS) is 11.8. The van der Waals surface area contributed by atoms with Crippen LogP contribution in [0.1, 0.15) is 0 Å². The molecule has 4 nitrogen and oxygen atoms in total. The van der Waals surface area contributed by atoms with Gasteiger partial charge in [-0.15, -0.1) is 0 Å². The van der Waals surface area contributed by atoms with Crippen LogP contribution in [-0.4, -0.2) is 0 Å². The second-order valence-electron chi connectivity index (χ2n) is 13.3. The minimum atomic E-state index is 0.821. The largest absolute Gasteiger partial charge is 0.456 e. The molecule has 3 heterocycles. The average molecular weight is 668 g/mol. The molecule has 0 saturated carbocycles. The minimum Gasteiger partial charge on any atom is -0.456 e. The maximum atomic E-state index is 6.96. The van der Waals surface area contributed by atoms with Crippen molar-refractivity contribution in [3.8, 4) is 22.3 Å². The van der Waals surface area contributed by atoms with Gasteiger partial charge in [0.15, 0.2) is 5.58 Å². The van der Waals surface area contributed by atoms with Crippen LogP contribution in [0, 0.1) is 0 Å². The van der Waals surface area contributed by atoms with Crippen LogP contribution in [0.15, 0.2) is 189 Å². The quantitative estimate of drug-likeness (QED) is 0.183. The van der Waals surface area contributed by atoms with Gasteiger partial charge in [-0.1, -0.05) is 115 Å². The molecule has 11 rings (SSSR count). The van der Waals surface area contributed by atoms with E-state index in [1.54, 1.807) is 0 Å². The van der Waals surface area contributed by atoms with Gasteiger partial charge in [0.05, 0.1) is 5.69 Å². The molecular formula is C48H29NO3. The summed E-state index contributed by atoms with van der Waals surface area (Å²) < 4.78 is 19.6. The topological polar surface area (TPSA) is 42.7 Å². The van der Waals surface area contributed by atoms with Gasteiger partial charge in [-0.3, -0.25) is 0 Å². The summed E-state index contributed by atoms with van der Waals surface area (Å²) in [6.07, 6.45) is 0. The van der Waals surface area contributed by atoms with Gasteiger partial charge < -0.3 is 18.2 Å². The fourth-order valence-corrected chi connectivity index (χ4v) is 7.82. The molecule has 0 fully saturated rings. The molecule has 0 N–H and O–H groups in total. The van der Waals surface area contributed by atoms with Crippen molar-refractivity contribution in [2.45, 2.75) is 0 Å². The predicted molar refractivity (Wildman–Crippen MR) is 214 cm³/mol. The first-order chi connectivity index (χ1) is 25.8. The third kappa shape index (κ3) is 4.41. The SMILES string of the molecule is c1ccc(-c2ccc3oc4ccc(N(c5ccc6oc7ccccc7c6c5)c5cccc6c5oc5c(-c7ccccc7)cccc56)cc4c3c2)cc1. The number of hydrogen-bond acceptors (Lipinski definition) is 4. The molecule has 8 aromatic carbocycles. The Labute approximate surface area is 298 Å². The van der Waals surface area contributed by atoms with E-state index in [1.165, 1.54) is 5.56 Å². The van der Waals surface area contributed by atoms with Crippen molar-refractivity contribution in [3.05, 3.63) is 176 Å². The van der Waals surface area contributed by atoms with Crippen molar-refractivity contribution in [2.24, 2.45) is 0 Å². The van der Waals surface area contributed by atoms with Gasteiger partial charge >= 0.3 is 0 Å². The molecule has 0 atom stereocenters. The Morgan fingerprint density at radius 1 is 0.308 bits per heavy atom. The number of benzene rings is 8. The molecule has 0 aliphatic rings. The van der Waals surface area contributed by atoms with Gasteiger partial charge in [-0.2, -0.15) is 0 Å². The zero-order chi connectivity index (χ0) is 34.2. The van der Waals surface area contributed by atoms with Crippen LogP contribution in [0.3, 0.4) is 0 Å². The second kappa shape index (κ2) is 11.2. The monoisotopic (exact) mass is 667 g/mol.